The van der Waals surface area contributed by atoms with Gasteiger partial charge in [0.25, 0.3) is 0 Å². The summed E-state index contributed by atoms with van der Waals surface area (Å²) in [6, 6.07) is 23.6. The number of amides is 1. The van der Waals surface area contributed by atoms with Crippen LogP contribution in [-0.4, -0.2) is 62.3 Å². The largest absolute Gasteiger partial charge is 0.385 e. The molecule has 224 valence electrons. The molecule has 1 saturated heterocycles. The minimum absolute atomic E-state index is 0.0818. The number of likely N-dealkylation sites (tertiary alicyclic amines) is 1. The average molecular weight is 581 g/mol. The van der Waals surface area contributed by atoms with E-state index in [9.17, 15) is 9.59 Å². The average Bonchev–Trinajstić information content (AvgIpc) is 3.52. The SMILES string of the molecule is COCCCn1c(C2CCCN(C(=O)CC(N)Cc3ccc(-n4c(=O)n(C)c5ccccc54)cc3)C2)nc2ccccc21. The van der Waals surface area contributed by atoms with E-state index >= 15 is 0 Å². The maximum absolute atomic E-state index is 13.4. The van der Waals surface area contributed by atoms with Crippen molar-refractivity contribution in [2.24, 2.45) is 12.8 Å². The molecule has 0 spiro atoms. The molecule has 5 aromatic rings. The Bertz CT molecular complexity index is 1780. The molecule has 43 heavy (non-hydrogen) atoms. The molecule has 2 aromatic heterocycles. The van der Waals surface area contributed by atoms with Crippen LogP contribution in [-0.2, 0) is 29.5 Å². The lowest BCUT2D eigenvalue weighted by atomic mass is 9.96. The minimum atomic E-state index is -0.294. The molecule has 1 aliphatic heterocycles. The molecule has 1 fully saturated rings. The van der Waals surface area contributed by atoms with Crippen molar-refractivity contribution < 1.29 is 9.53 Å². The first-order valence-electron chi connectivity index (χ1n) is 15.2. The molecular weight excluding hydrogens is 540 g/mol. The molecule has 1 amide bonds. The van der Waals surface area contributed by atoms with Gasteiger partial charge in [0.05, 0.1) is 27.8 Å². The fourth-order valence-corrected chi connectivity index (χ4v) is 6.47. The number of fused-ring (bicyclic) bond motifs is 2. The molecule has 3 heterocycles. The summed E-state index contributed by atoms with van der Waals surface area (Å²) in [6.45, 7) is 2.95. The topological polar surface area (TPSA) is 100 Å². The third-order valence-corrected chi connectivity index (χ3v) is 8.64. The van der Waals surface area contributed by atoms with Crippen molar-refractivity contribution in [2.75, 3.05) is 26.8 Å². The molecule has 1 aliphatic rings. The van der Waals surface area contributed by atoms with Gasteiger partial charge < -0.3 is 19.9 Å². The van der Waals surface area contributed by atoms with Gasteiger partial charge in [-0.1, -0.05) is 36.4 Å². The van der Waals surface area contributed by atoms with Gasteiger partial charge in [0.2, 0.25) is 5.91 Å². The van der Waals surface area contributed by atoms with Gasteiger partial charge in [0, 0.05) is 58.8 Å². The zero-order valence-corrected chi connectivity index (χ0v) is 25.0. The normalized spacial score (nSPS) is 16.3. The maximum atomic E-state index is 13.4. The van der Waals surface area contributed by atoms with Crippen LogP contribution in [0.3, 0.4) is 0 Å². The van der Waals surface area contributed by atoms with Crippen LogP contribution in [0.25, 0.3) is 27.8 Å². The molecule has 0 aliphatic carbocycles. The molecule has 3 aromatic carbocycles. The Morgan fingerprint density at radius 2 is 1.74 bits per heavy atom. The van der Waals surface area contributed by atoms with E-state index in [0.717, 1.165) is 71.5 Å². The number of aryl methyl sites for hydroxylation is 2. The third-order valence-electron chi connectivity index (χ3n) is 8.64. The molecule has 6 rings (SSSR count). The second kappa shape index (κ2) is 12.6. The molecule has 2 atom stereocenters. The zero-order chi connectivity index (χ0) is 29.9. The lowest BCUT2D eigenvalue weighted by Gasteiger charge is -2.33. The predicted octanol–water partition coefficient (Wildman–Crippen LogP) is 4.38. The van der Waals surface area contributed by atoms with Crippen molar-refractivity contribution in [3.05, 3.63) is 94.7 Å². The number of imidazole rings is 2. The van der Waals surface area contributed by atoms with Crippen LogP contribution in [0.5, 0.6) is 0 Å². The highest BCUT2D eigenvalue weighted by atomic mass is 16.5. The number of nitrogens with zero attached hydrogens (tertiary/aromatic N) is 5. The number of rotatable bonds is 10. The van der Waals surface area contributed by atoms with Gasteiger partial charge in [-0.25, -0.2) is 9.78 Å². The summed E-state index contributed by atoms with van der Waals surface area (Å²) >= 11 is 0. The van der Waals surface area contributed by atoms with Crippen molar-refractivity contribution >= 4 is 28.0 Å². The van der Waals surface area contributed by atoms with E-state index in [4.69, 9.17) is 15.5 Å². The number of benzene rings is 3. The molecule has 0 saturated carbocycles. The lowest BCUT2D eigenvalue weighted by molar-refractivity contribution is -0.132. The van der Waals surface area contributed by atoms with Crippen LogP contribution < -0.4 is 11.4 Å². The summed E-state index contributed by atoms with van der Waals surface area (Å²) in [7, 11) is 3.52. The fourth-order valence-electron chi connectivity index (χ4n) is 6.47. The number of para-hydroxylation sites is 4. The van der Waals surface area contributed by atoms with Crippen LogP contribution in [0.1, 0.15) is 43.0 Å². The van der Waals surface area contributed by atoms with Gasteiger partial charge in [-0.15, -0.1) is 0 Å². The summed E-state index contributed by atoms with van der Waals surface area (Å²) in [5.41, 5.74) is 12.2. The van der Waals surface area contributed by atoms with E-state index in [0.29, 0.717) is 26.0 Å². The first-order chi connectivity index (χ1) is 20.9. The summed E-state index contributed by atoms with van der Waals surface area (Å²) in [5.74, 6) is 1.34. The molecule has 2 unspecified atom stereocenters. The summed E-state index contributed by atoms with van der Waals surface area (Å²) < 4.78 is 11.0. The Morgan fingerprint density at radius 3 is 2.51 bits per heavy atom. The zero-order valence-electron chi connectivity index (χ0n) is 25.0. The van der Waals surface area contributed by atoms with Crippen LogP contribution in [0, 0.1) is 0 Å². The Labute approximate surface area is 251 Å². The van der Waals surface area contributed by atoms with E-state index in [1.165, 1.54) is 0 Å². The molecular formula is C34H40N6O3. The van der Waals surface area contributed by atoms with E-state index in [2.05, 4.69) is 22.8 Å². The predicted molar refractivity (Wildman–Crippen MR) is 170 cm³/mol. The van der Waals surface area contributed by atoms with E-state index in [1.54, 1.807) is 23.3 Å². The highest BCUT2D eigenvalue weighted by molar-refractivity contribution is 5.79. The highest BCUT2D eigenvalue weighted by Crippen LogP contribution is 2.30. The number of ether oxygens (including phenoxy) is 1. The first kappa shape index (κ1) is 28.9. The maximum Gasteiger partial charge on any atom is 0.333 e. The summed E-state index contributed by atoms with van der Waals surface area (Å²) in [5, 5.41) is 0. The monoisotopic (exact) mass is 580 g/mol. The Hall–Kier alpha value is -4.21. The van der Waals surface area contributed by atoms with Crippen molar-refractivity contribution in [3.63, 3.8) is 0 Å². The molecule has 0 radical (unpaired) electrons. The smallest absolute Gasteiger partial charge is 0.333 e. The first-order valence-corrected chi connectivity index (χ1v) is 15.2. The molecule has 2 N–H and O–H groups in total. The number of aromatic nitrogens is 4. The number of hydrogen-bond donors (Lipinski definition) is 1. The van der Waals surface area contributed by atoms with Crippen molar-refractivity contribution in [2.45, 2.75) is 50.6 Å². The van der Waals surface area contributed by atoms with Crippen molar-refractivity contribution in [1.29, 1.82) is 0 Å². The molecule has 0 bridgehead atoms. The van der Waals surface area contributed by atoms with Gasteiger partial charge in [-0.05, 0) is 67.6 Å². The highest BCUT2D eigenvalue weighted by Gasteiger charge is 2.29. The number of carbonyl (C=O) groups excluding carboxylic acids is 1. The van der Waals surface area contributed by atoms with Gasteiger partial charge >= 0.3 is 5.69 Å². The third kappa shape index (κ3) is 5.87. The van der Waals surface area contributed by atoms with Gasteiger partial charge in [-0.3, -0.25) is 13.9 Å². The van der Waals surface area contributed by atoms with Crippen LogP contribution in [0.4, 0.5) is 0 Å². The lowest BCUT2D eigenvalue weighted by Crippen LogP contribution is -2.42. The van der Waals surface area contributed by atoms with Crippen LogP contribution >= 0.6 is 0 Å². The Kier molecular flexibility index (Phi) is 8.44. The van der Waals surface area contributed by atoms with Gasteiger partial charge in [0.15, 0.2) is 0 Å². The number of hydrogen-bond acceptors (Lipinski definition) is 5. The van der Waals surface area contributed by atoms with Crippen molar-refractivity contribution in [3.8, 4) is 5.69 Å². The number of nitrogens with two attached hydrogens (primary N) is 1. The van der Waals surface area contributed by atoms with Crippen LogP contribution in [0.2, 0.25) is 0 Å². The summed E-state index contributed by atoms with van der Waals surface area (Å²) in [4.78, 5) is 33.3. The Balaban J connectivity index is 1.11. The van der Waals surface area contributed by atoms with E-state index in [-0.39, 0.29) is 23.6 Å². The molecule has 9 heteroatoms. The molecule has 9 nitrogen and oxygen atoms in total. The Morgan fingerprint density at radius 1 is 1.02 bits per heavy atom. The standard InChI is InChI=1S/C34H40N6O3/c1-37-30-12-5-6-13-31(30)40(34(37)42)27-16-14-24(15-17-27)21-26(35)22-32(41)38-18-7-9-25(23-38)33-36-28-10-3-4-11-29(28)39(33)19-8-20-43-2/h3-6,10-17,25-26H,7-9,18-23,35H2,1-2H3. The fraction of sp³-hybridized carbons (Fsp3) is 0.382. The minimum Gasteiger partial charge on any atom is -0.385 e. The number of methoxy groups -OCH3 is 1. The van der Waals surface area contributed by atoms with Crippen molar-refractivity contribution in [1.82, 2.24) is 23.6 Å². The number of piperidine rings is 1. The second-order valence-electron chi connectivity index (χ2n) is 11.6. The quantitative estimate of drug-likeness (QED) is 0.247. The van der Waals surface area contributed by atoms with Gasteiger partial charge in [-0.2, -0.15) is 0 Å². The van der Waals surface area contributed by atoms with Gasteiger partial charge in [0.1, 0.15) is 5.82 Å². The van der Waals surface area contributed by atoms with E-state index < -0.39 is 0 Å². The number of carbonyl (C=O) groups is 1. The second-order valence-corrected chi connectivity index (χ2v) is 11.6. The summed E-state index contributed by atoms with van der Waals surface area (Å²) in [6.07, 6.45) is 3.75. The van der Waals surface area contributed by atoms with Crippen LogP contribution in [0.15, 0.2) is 77.6 Å². The van der Waals surface area contributed by atoms with E-state index in [1.807, 2.05) is 59.5 Å².